The summed E-state index contributed by atoms with van der Waals surface area (Å²) in [4.78, 5) is 0. The van der Waals surface area contributed by atoms with Gasteiger partial charge in [-0.2, -0.15) is 0 Å². The summed E-state index contributed by atoms with van der Waals surface area (Å²) in [7, 11) is 1.70. The first-order chi connectivity index (χ1) is 14.7. The lowest BCUT2D eigenvalue weighted by Crippen LogP contribution is -2.13. The first kappa shape index (κ1) is 21.5. The molecule has 0 aliphatic carbocycles. The van der Waals surface area contributed by atoms with Gasteiger partial charge in [0.15, 0.2) is 17.8 Å². The molecule has 0 saturated heterocycles. The van der Waals surface area contributed by atoms with Gasteiger partial charge in [-0.25, -0.2) is 0 Å². The van der Waals surface area contributed by atoms with E-state index >= 15 is 0 Å². The summed E-state index contributed by atoms with van der Waals surface area (Å²) in [6.07, 6.45) is 0.840. The maximum absolute atomic E-state index is 6.42. The van der Waals surface area contributed by atoms with Crippen LogP contribution in [-0.2, 0) is 28.4 Å². The van der Waals surface area contributed by atoms with Gasteiger partial charge in [0.1, 0.15) is 5.75 Å². The molecule has 1 aromatic heterocycles. The average Bonchev–Trinajstić information content (AvgIpc) is 3.15. The highest BCUT2D eigenvalue weighted by Crippen LogP contribution is 2.36. The van der Waals surface area contributed by atoms with Crippen molar-refractivity contribution in [3.8, 4) is 17.1 Å². The number of methoxy groups -OCH3 is 1. The maximum atomic E-state index is 6.42. The van der Waals surface area contributed by atoms with E-state index in [2.05, 4.69) is 14.8 Å². The highest BCUT2D eigenvalue weighted by atomic mass is 35.5. The van der Waals surface area contributed by atoms with Crippen LogP contribution in [-0.4, -0.2) is 35.3 Å². The van der Waals surface area contributed by atoms with Crippen molar-refractivity contribution >= 4 is 35.0 Å². The highest BCUT2D eigenvalue weighted by Gasteiger charge is 2.20. The molecule has 2 aromatic carbocycles. The van der Waals surface area contributed by atoms with Gasteiger partial charge in [0.2, 0.25) is 0 Å². The lowest BCUT2D eigenvalue weighted by Gasteiger charge is -2.21. The number of rotatable bonds is 8. The lowest BCUT2D eigenvalue weighted by atomic mass is 10.1. The second-order valence-corrected chi connectivity index (χ2v) is 8.52. The summed E-state index contributed by atoms with van der Waals surface area (Å²) < 4.78 is 18.4. The Labute approximate surface area is 189 Å². The molecule has 4 rings (SSSR count). The molecule has 30 heavy (non-hydrogen) atoms. The van der Waals surface area contributed by atoms with Crippen LogP contribution in [0.5, 0.6) is 5.75 Å². The number of aromatic nitrogens is 3. The van der Waals surface area contributed by atoms with Crippen LogP contribution in [0, 0.1) is 0 Å². The minimum absolute atomic E-state index is 0.246. The monoisotopic (exact) mass is 465 g/mol. The molecule has 158 valence electrons. The van der Waals surface area contributed by atoms with E-state index in [-0.39, 0.29) is 6.79 Å². The van der Waals surface area contributed by atoms with E-state index in [1.165, 1.54) is 0 Å². The van der Waals surface area contributed by atoms with Gasteiger partial charge >= 0.3 is 0 Å². The third-order valence-corrected chi connectivity index (χ3v) is 6.23. The number of ether oxygens (including phenoxy) is 3. The molecule has 2 heterocycles. The molecule has 3 aromatic rings. The SMILES string of the molecule is COCCCn1c(SCc2cc(Cl)cc3c2OCOC3)nnc1-c1ccccc1Cl. The Hall–Kier alpha value is -1.77. The molecule has 0 atom stereocenters. The van der Waals surface area contributed by atoms with Gasteiger partial charge in [-0.15, -0.1) is 10.2 Å². The van der Waals surface area contributed by atoms with E-state index in [0.29, 0.717) is 29.0 Å². The van der Waals surface area contributed by atoms with Crippen molar-refractivity contribution in [2.45, 2.75) is 30.5 Å². The van der Waals surface area contributed by atoms with Crippen LogP contribution in [0.4, 0.5) is 0 Å². The number of fused-ring (bicyclic) bond motifs is 1. The van der Waals surface area contributed by atoms with Crippen molar-refractivity contribution in [1.29, 1.82) is 0 Å². The van der Waals surface area contributed by atoms with Gasteiger partial charge in [0.05, 0.1) is 11.6 Å². The van der Waals surface area contributed by atoms with Gasteiger partial charge in [-0.3, -0.25) is 0 Å². The molecule has 1 aliphatic rings. The summed E-state index contributed by atoms with van der Waals surface area (Å²) >= 11 is 14.3. The molecule has 0 fully saturated rings. The van der Waals surface area contributed by atoms with Crippen LogP contribution in [0.15, 0.2) is 41.6 Å². The Bertz CT molecular complexity index is 1030. The Kier molecular flexibility index (Phi) is 7.17. The van der Waals surface area contributed by atoms with Crippen LogP contribution in [0.1, 0.15) is 17.5 Å². The number of thioether (sulfide) groups is 1. The first-order valence-corrected chi connectivity index (χ1v) is 11.2. The first-order valence-electron chi connectivity index (χ1n) is 9.49. The van der Waals surface area contributed by atoms with Crippen LogP contribution in [0.2, 0.25) is 10.0 Å². The molecule has 0 N–H and O–H groups in total. The average molecular weight is 466 g/mol. The fourth-order valence-electron chi connectivity index (χ4n) is 3.31. The minimum atomic E-state index is 0.246. The number of halogens is 2. The maximum Gasteiger partial charge on any atom is 0.191 e. The van der Waals surface area contributed by atoms with Crippen molar-refractivity contribution in [2.24, 2.45) is 0 Å². The number of nitrogens with zero attached hydrogens (tertiary/aromatic N) is 3. The Morgan fingerprint density at radius 3 is 2.90 bits per heavy atom. The van der Waals surface area contributed by atoms with Gasteiger partial charge in [0.25, 0.3) is 0 Å². The van der Waals surface area contributed by atoms with E-state index in [0.717, 1.165) is 46.4 Å². The Morgan fingerprint density at radius 1 is 1.20 bits per heavy atom. The quantitative estimate of drug-likeness (QED) is 0.325. The molecule has 0 unspecified atom stereocenters. The third kappa shape index (κ3) is 4.76. The van der Waals surface area contributed by atoms with E-state index < -0.39 is 0 Å². The summed E-state index contributed by atoms with van der Waals surface area (Å²) in [5.74, 6) is 2.24. The number of hydrogen-bond acceptors (Lipinski definition) is 6. The number of benzene rings is 2. The van der Waals surface area contributed by atoms with E-state index in [4.69, 9.17) is 37.4 Å². The zero-order valence-electron chi connectivity index (χ0n) is 16.4. The van der Waals surface area contributed by atoms with Gasteiger partial charge in [0, 0.05) is 47.7 Å². The second-order valence-electron chi connectivity index (χ2n) is 6.74. The summed E-state index contributed by atoms with van der Waals surface area (Å²) in [6.45, 7) is 2.12. The zero-order valence-corrected chi connectivity index (χ0v) is 18.8. The molecule has 1 aliphatic heterocycles. The normalized spacial score (nSPS) is 13.2. The van der Waals surface area contributed by atoms with Crippen molar-refractivity contribution in [3.63, 3.8) is 0 Å². The molecule has 0 saturated carbocycles. The van der Waals surface area contributed by atoms with E-state index in [9.17, 15) is 0 Å². The van der Waals surface area contributed by atoms with Crippen molar-refractivity contribution in [1.82, 2.24) is 14.8 Å². The van der Waals surface area contributed by atoms with Crippen molar-refractivity contribution < 1.29 is 14.2 Å². The van der Waals surface area contributed by atoms with Crippen LogP contribution in [0.25, 0.3) is 11.4 Å². The topological polar surface area (TPSA) is 58.4 Å². The van der Waals surface area contributed by atoms with E-state index in [1.807, 2.05) is 36.4 Å². The fourth-order valence-corrected chi connectivity index (χ4v) is 4.73. The predicted molar refractivity (Wildman–Crippen MR) is 118 cm³/mol. The lowest BCUT2D eigenvalue weighted by molar-refractivity contribution is -0.0168. The Balaban J connectivity index is 1.62. The molecule has 9 heteroatoms. The van der Waals surface area contributed by atoms with Crippen LogP contribution >= 0.6 is 35.0 Å². The van der Waals surface area contributed by atoms with Crippen molar-refractivity contribution in [3.05, 3.63) is 57.6 Å². The van der Waals surface area contributed by atoms with Gasteiger partial charge in [-0.05, 0) is 30.7 Å². The number of hydrogen-bond donors (Lipinski definition) is 0. The molecule has 0 amide bonds. The molecule has 0 bridgehead atoms. The third-order valence-electron chi connectivity index (χ3n) is 4.67. The summed E-state index contributed by atoms with van der Waals surface area (Å²) in [5.41, 5.74) is 2.83. The minimum Gasteiger partial charge on any atom is -0.467 e. The molecular formula is C21H21Cl2N3O3S. The largest absolute Gasteiger partial charge is 0.467 e. The molecular weight excluding hydrogens is 445 g/mol. The van der Waals surface area contributed by atoms with Crippen LogP contribution < -0.4 is 4.74 Å². The standard InChI is InChI=1S/C21H21Cl2N3O3S/c1-27-8-4-7-26-20(17-5-2-3-6-18(17)23)24-25-21(26)30-12-15-10-16(22)9-14-11-28-13-29-19(14)15/h2-3,5-6,9-10H,4,7-8,11-13H2,1H3. The zero-order chi connectivity index (χ0) is 20.9. The van der Waals surface area contributed by atoms with E-state index in [1.54, 1.807) is 18.9 Å². The smallest absolute Gasteiger partial charge is 0.191 e. The van der Waals surface area contributed by atoms with Gasteiger partial charge in [-0.1, -0.05) is 47.1 Å². The molecule has 0 radical (unpaired) electrons. The second kappa shape index (κ2) is 10.0. The van der Waals surface area contributed by atoms with Crippen LogP contribution in [0.3, 0.4) is 0 Å². The summed E-state index contributed by atoms with van der Waals surface area (Å²) in [5, 5.41) is 11.0. The molecule has 0 spiro atoms. The summed E-state index contributed by atoms with van der Waals surface area (Å²) in [6, 6.07) is 11.5. The highest BCUT2D eigenvalue weighted by molar-refractivity contribution is 7.98. The Morgan fingerprint density at radius 2 is 2.07 bits per heavy atom. The fraction of sp³-hybridized carbons (Fsp3) is 0.333. The van der Waals surface area contributed by atoms with Crippen molar-refractivity contribution in [2.75, 3.05) is 20.5 Å². The predicted octanol–water partition coefficient (Wildman–Crippen LogP) is 5.45. The van der Waals surface area contributed by atoms with Gasteiger partial charge < -0.3 is 18.8 Å². The molecule has 6 nitrogen and oxygen atoms in total.